The predicted molar refractivity (Wildman–Crippen MR) is 69.7 cm³/mol. The molecule has 2 rings (SSSR count). The standard InChI is InChI=1S/C15H15FN2O/c1-11-14(3-4-19-11)10-18(2)9-13-5-12(8-17)6-15(16)7-13/h3-7H,9-10H2,1-2H3. The second kappa shape index (κ2) is 5.68. The van der Waals surface area contributed by atoms with Crippen molar-refractivity contribution in [1.29, 1.82) is 5.26 Å². The minimum absolute atomic E-state index is 0.350. The third kappa shape index (κ3) is 3.43. The van der Waals surface area contributed by atoms with Gasteiger partial charge in [-0.1, -0.05) is 0 Å². The van der Waals surface area contributed by atoms with E-state index in [2.05, 4.69) is 0 Å². The van der Waals surface area contributed by atoms with Crippen molar-refractivity contribution in [1.82, 2.24) is 4.90 Å². The van der Waals surface area contributed by atoms with Crippen LogP contribution in [0.3, 0.4) is 0 Å². The Balaban J connectivity index is 2.07. The van der Waals surface area contributed by atoms with Crippen LogP contribution in [0.5, 0.6) is 0 Å². The van der Waals surface area contributed by atoms with Gasteiger partial charge >= 0.3 is 0 Å². The Bertz CT molecular complexity index is 613. The fourth-order valence-electron chi connectivity index (χ4n) is 2.04. The molecule has 2 aromatic rings. The summed E-state index contributed by atoms with van der Waals surface area (Å²) in [6.45, 7) is 3.22. The maximum atomic E-state index is 13.3. The summed E-state index contributed by atoms with van der Waals surface area (Å²) in [6, 6.07) is 8.30. The first-order chi connectivity index (χ1) is 9.08. The highest BCUT2D eigenvalue weighted by atomic mass is 19.1. The molecular formula is C15H15FN2O. The van der Waals surface area contributed by atoms with E-state index in [1.54, 1.807) is 12.3 Å². The van der Waals surface area contributed by atoms with Gasteiger partial charge in [-0.25, -0.2) is 4.39 Å². The van der Waals surface area contributed by atoms with Crippen molar-refractivity contribution >= 4 is 0 Å². The number of benzene rings is 1. The van der Waals surface area contributed by atoms with E-state index in [-0.39, 0.29) is 5.82 Å². The minimum Gasteiger partial charge on any atom is -0.469 e. The van der Waals surface area contributed by atoms with Crippen LogP contribution >= 0.6 is 0 Å². The maximum Gasteiger partial charge on any atom is 0.124 e. The van der Waals surface area contributed by atoms with Gasteiger partial charge < -0.3 is 4.42 Å². The molecule has 3 nitrogen and oxygen atoms in total. The average molecular weight is 258 g/mol. The van der Waals surface area contributed by atoms with E-state index < -0.39 is 0 Å². The van der Waals surface area contributed by atoms with E-state index in [9.17, 15) is 4.39 Å². The van der Waals surface area contributed by atoms with Gasteiger partial charge in [0.25, 0.3) is 0 Å². The molecular weight excluding hydrogens is 243 g/mol. The van der Waals surface area contributed by atoms with E-state index in [1.807, 2.05) is 31.0 Å². The summed E-state index contributed by atoms with van der Waals surface area (Å²) in [5.41, 5.74) is 2.25. The molecule has 0 unspecified atom stereocenters. The minimum atomic E-state index is -0.373. The molecule has 0 amide bonds. The van der Waals surface area contributed by atoms with Gasteiger partial charge in [-0.3, -0.25) is 4.90 Å². The zero-order chi connectivity index (χ0) is 13.8. The lowest BCUT2D eigenvalue weighted by Gasteiger charge is -2.16. The monoisotopic (exact) mass is 258 g/mol. The van der Waals surface area contributed by atoms with E-state index in [1.165, 1.54) is 12.1 Å². The number of furan rings is 1. The SMILES string of the molecule is Cc1occc1CN(C)Cc1cc(F)cc(C#N)c1. The van der Waals surface area contributed by atoms with Gasteiger partial charge in [0.05, 0.1) is 17.9 Å². The number of aryl methyl sites for hydroxylation is 1. The highest BCUT2D eigenvalue weighted by Gasteiger charge is 2.07. The van der Waals surface area contributed by atoms with Gasteiger partial charge in [0.2, 0.25) is 0 Å². The van der Waals surface area contributed by atoms with Crippen molar-refractivity contribution in [2.75, 3.05) is 7.05 Å². The largest absolute Gasteiger partial charge is 0.469 e. The van der Waals surface area contributed by atoms with Crippen molar-refractivity contribution in [2.45, 2.75) is 20.0 Å². The van der Waals surface area contributed by atoms with Crippen LogP contribution in [-0.2, 0) is 13.1 Å². The zero-order valence-corrected chi connectivity index (χ0v) is 11.0. The molecule has 0 radical (unpaired) electrons. The van der Waals surface area contributed by atoms with Crippen LogP contribution in [0.4, 0.5) is 4.39 Å². The molecule has 0 aliphatic rings. The first-order valence-electron chi connectivity index (χ1n) is 5.99. The van der Waals surface area contributed by atoms with Gasteiger partial charge in [-0.2, -0.15) is 5.26 Å². The van der Waals surface area contributed by atoms with Crippen LogP contribution in [0.25, 0.3) is 0 Å². The molecule has 0 spiro atoms. The molecule has 0 bridgehead atoms. The number of nitriles is 1. The maximum absolute atomic E-state index is 13.3. The molecule has 0 saturated carbocycles. The molecule has 1 heterocycles. The quantitative estimate of drug-likeness (QED) is 0.845. The van der Waals surface area contributed by atoms with Crippen LogP contribution < -0.4 is 0 Å². The highest BCUT2D eigenvalue weighted by Crippen LogP contribution is 2.14. The van der Waals surface area contributed by atoms with Crippen LogP contribution in [0.1, 0.15) is 22.5 Å². The number of hydrogen-bond acceptors (Lipinski definition) is 3. The summed E-state index contributed by atoms with van der Waals surface area (Å²) < 4.78 is 18.6. The van der Waals surface area contributed by atoms with E-state index in [0.717, 1.165) is 23.4 Å². The molecule has 1 aromatic heterocycles. The summed E-state index contributed by atoms with van der Waals surface area (Å²) >= 11 is 0. The number of hydrogen-bond donors (Lipinski definition) is 0. The number of nitrogens with zero attached hydrogens (tertiary/aromatic N) is 2. The smallest absolute Gasteiger partial charge is 0.124 e. The van der Waals surface area contributed by atoms with Gasteiger partial charge in [0, 0.05) is 18.7 Å². The molecule has 0 aliphatic heterocycles. The van der Waals surface area contributed by atoms with Crippen LogP contribution in [0.2, 0.25) is 0 Å². The molecule has 0 N–H and O–H groups in total. The molecule has 4 heteroatoms. The van der Waals surface area contributed by atoms with Crippen LogP contribution in [0, 0.1) is 24.1 Å². The number of rotatable bonds is 4. The van der Waals surface area contributed by atoms with Crippen molar-refractivity contribution in [3.8, 4) is 6.07 Å². The van der Waals surface area contributed by atoms with E-state index >= 15 is 0 Å². The summed E-state index contributed by atoms with van der Waals surface area (Å²) in [5, 5.41) is 8.82. The zero-order valence-electron chi connectivity index (χ0n) is 11.0. The third-order valence-corrected chi connectivity index (χ3v) is 2.95. The van der Waals surface area contributed by atoms with Crippen molar-refractivity contribution in [2.24, 2.45) is 0 Å². The Morgan fingerprint density at radius 2 is 2.11 bits per heavy atom. The molecule has 0 atom stereocenters. The Kier molecular flexibility index (Phi) is 3.98. The summed E-state index contributed by atoms with van der Waals surface area (Å²) in [7, 11) is 1.95. The van der Waals surface area contributed by atoms with Crippen molar-refractivity contribution in [3.05, 3.63) is 58.8 Å². The Morgan fingerprint density at radius 1 is 1.32 bits per heavy atom. The summed E-state index contributed by atoms with van der Waals surface area (Å²) in [4.78, 5) is 2.05. The first kappa shape index (κ1) is 13.3. The first-order valence-corrected chi connectivity index (χ1v) is 5.99. The summed E-state index contributed by atoms with van der Waals surface area (Å²) in [6.07, 6.45) is 1.66. The second-order valence-electron chi connectivity index (χ2n) is 4.63. The predicted octanol–water partition coefficient (Wildman–Crippen LogP) is 3.23. The van der Waals surface area contributed by atoms with Crippen molar-refractivity contribution in [3.63, 3.8) is 0 Å². The number of halogens is 1. The molecule has 0 fully saturated rings. The van der Waals surface area contributed by atoms with Gasteiger partial charge in [-0.05, 0) is 43.8 Å². The molecule has 98 valence electrons. The fourth-order valence-corrected chi connectivity index (χ4v) is 2.04. The average Bonchev–Trinajstić information content (AvgIpc) is 2.74. The summed E-state index contributed by atoms with van der Waals surface area (Å²) in [5.74, 6) is 0.519. The topological polar surface area (TPSA) is 40.2 Å². The van der Waals surface area contributed by atoms with E-state index in [0.29, 0.717) is 12.1 Å². The lowest BCUT2D eigenvalue weighted by molar-refractivity contribution is 0.316. The van der Waals surface area contributed by atoms with Crippen molar-refractivity contribution < 1.29 is 8.81 Å². The molecule has 1 aromatic carbocycles. The van der Waals surface area contributed by atoms with Crippen LogP contribution in [0.15, 0.2) is 34.9 Å². The Morgan fingerprint density at radius 3 is 2.74 bits per heavy atom. The van der Waals surface area contributed by atoms with Gasteiger partial charge in [0.1, 0.15) is 11.6 Å². The Labute approximate surface area is 111 Å². The van der Waals surface area contributed by atoms with Crippen LogP contribution in [-0.4, -0.2) is 11.9 Å². The normalized spacial score (nSPS) is 10.7. The Hall–Kier alpha value is -2.12. The van der Waals surface area contributed by atoms with E-state index in [4.69, 9.17) is 9.68 Å². The lowest BCUT2D eigenvalue weighted by atomic mass is 10.1. The van der Waals surface area contributed by atoms with Gasteiger partial charge in [0.15, 0.2) is 0 Å². The van der Waals surface area contributed by atoms with Gasteiger partial charge in [-0.15, -0.1) is 0 Å². The fraction of sp³-hybridized carbons (Fsp3) is 0.267. The molecule has 0 aliphatic carbocycles. The third-order valence-electron chi connectivity index (χ3n) is 2.95. The second-order valence-corrected chi connectivity index (χ2v) is 4.63. The lowest BCUT2D eigenvalue weighted by Crippen LogP contribution is -2.17. The molecule has 0 saturated heterocycles. The highest BCUT2D eigenvalue weighted by molar-refractivity contribution is 5.33. The molecule has 19 heavy (non-hydrogen) atoms.